The van der Waals surface area contributed by atoms with Crippen molar-refractivity contribution in [2.75, 3.05) is 17.2 Å². The predicted molar refractivity (Wildman–Crippen MR) is 79.5 cm³/mol. The second-order valence-corrected chi connectivity index (χ2v) is 5.85. The first-order valence-corrected chi connectivity index (χ1v) is 7.57. The molecule has 0 fully saturated rings. The lowest BCUT2D eigenvalue weighted by atomic mass is 10.1. The maximum absolute atomic E-state index is 6.01. The summed E-state index contributed by atoms with van der Waals surface area (Å²) < 4.78 is 0. The van der Waals surface area contributed by atoms with Gasteiger partial charge >= 0.3 is 0 Å². The number of aromatic nitrogens is 2. The summed E-state index contributed by atoms with van der Waals surface area (Å²) in [6.07, 6.45) is 4.67. The molecule has 19 heavy (non-hydrogen) atoms. The van der Waals surface area contributed by atoms with Gasteiger partial charge in [0.1, 0.15) is 18.0 Å². The molecule has 5 heteroatoms. The van der Waals surface area contributed by atoms with Gasteiger partial charge in [0.05, 0.1) is 0 Å². The smallest absolute Gasteiger partial charge is 0.137 e. The van der Waals surface area contributed by atoms with Crippen LogP contribution in [-0.2, 0) is 19.4 Å². The van der Waals surface area contributed by atoms with E-state index in [1.165, 1.54) is 10.4 Å². The molecule has 0 radical (unpaired) electrons. The summed E-state index contributed by atoms with van der Waals surface area (Å²) in [5.41, 5.74) is 8.54. The summed E-state index contributed by atoms with van der Waals surface area (Å²) in [5.74, 6) is 1.65. The molecular weight excluding hydrogens is 256 g/mol. The Kier molecular flexibility index (Phi) is 3.38. The molecule has 0 bridgehead atoms. The number of fused-ring (bicyclic) bond motifs is 1. The van der Waals surface area contributed by atoms with E-state index < -0.39 is 0 Å². The van der Waals surface area contributed by atoms with E-state index in [0.29, 0.717) is 5.82 Å². The van der Waals surface area contributed by atoms with Gasteiger partial charge in [-0.15, -0.1) is 11.3 Å². The number of anilines is 2. The molecule has 0 atom stereocenters. The van der Waals surface area contributed by atoms with Gasteiger partial charge in [0.2, 0.25) is 0 Å². The first kappa shape index (κ1) is 12.4. The van der Waals surface area contributed by atoms with E-state index >= 15 is 0 Å². The van der Waals surface area contributed by atoms with Crippen molar-refractivity contribution in [2.24, 2.45) is 0 Å². The van der Waals surface area contributed by atoms with E-state index in [4.69, 9.17) is 5.73 Å². The van der Waals surface area contributed by atoms with E-state index in [0.717, 1.165) is 43.7 Å². The number of nitrogens with two attached hydrogens (primary N) is 1. The molecule has 100 valence electrons. The molecule has 1 aliphatic heterocycles. The third-order valence-electron chi connectivity index (χ3n) is 3.56. The molecule has 3 heterocycles. The van der Waals surface area contributed by atoms with Crippen LogP contribution in [0.15, 0.2) is 17.8 Å². The SMILES string of the molecule is CCCc1c(N)ncnc1N1CCc2sccc2C1. The van der Waals surface area contributed by atoms with E-state index in [9.17, 15) is 0 Å². The fraction of sp³-hybridized carbons (Fsp3) is 0.429. The highest BCUT2D eigenvalue weighted by molar-refractivity contribution is 7.10. The zero-order valence-electron chi connectivity index (χ0n) is 11.1. The molecule has 0 amide bonds. The van der Waals surface area contributed by atoms with Gasteiger partial charge in [-0.1, -0.05) is 13.3 Å². The summed E-state index contributed by atoms with van der Waals surface area (Å²) in [6.45, 7) is 4.11. The van der Waals surface area contributed by atoms with Crippen LogP contribution in [-0.4, -0.2) is 16.5 Å². The van der Waals surface area contributed by atoms with Crippen molar-refractivity contribution in [3.05, 3.63) is 33.8 Å². The zero-order chi connectivity index (χ0) is 13.2. The Balaban J connectivity index is 1.93. The second-order valence-electron chi connectivity index (χ2n) is 4.85. The van der Waals surface area contributed by atoms with Crippen molar-refractivity contribution >= 4 is 23.0 Å². The zero-order valence-corrected chi connectivity index (χ0v) is 11.9. The second kappa shape index (κ2) is 5.17. The Morgan fingerprint density at radius 2 is 2.32 bits per heavy atom. The molecule has 0 unspecified atom stereocenters. The third-order valence-corrected chi connectivity index (χ3v) is 4.59. The van der Waals surface area contributed by atoms with Crippen molar-refractivity contribution in [1.29, 1.82) is 0 Å². The largest absolute Gasteiger partial charge is 0.383 e. The van der Waals surface area contributed by atoms with Gasteiger partial charge in [-0.05, 0) is 29.9 Å². The molecule has 0 aliphatic carbocycles. The summed E-state index contributed by atoms with van der Waals surface area (Å²) in [4.78, 5) is 12.4. The summed E-state index contributed by atoms with van der Waals surface area (Å²) >= 11 is 1.86. The highest BCUT2D eigenvalue weighted by Crippen LogP contribution is 2.30. The van der Waals surface area contributed by atoms with Gasteiger partial charge in [-0.2, -0.15) is 0 Å². The van der Waals surface area contributed by atoms with Crippen LogP contribution in [0.25, 0.3) is 0 Å². The normalized spacial score (nSPS) is 14.5. The number of hydrogen-bond acceptors (Lipinski definition) is 5. The fourth-order valence-electron chi connectivity index (χ4n) is 2.61. The van der Waals surface area contributed by atoms with Gasteiger partial charge in [-0.3, -0.25) is 0 Å². The monoisotopic (exact) mass is 274 g/mol. The van der Waals surface area contributed by atoms with Crippen LogP contribution in [0.5, 0.6) is 0 Å². The van der Waals surface area contributed by atoms with Crippen LogP contribution in [0, 0.1) is 0 Å². The van der Waals surface area contributed by atoms with Crippen molar-refractivity contribution < 1.29 is 0 Å². The molecule has 3 rings (SSSR count). The van der Waals surface area contributed by atoms with Crippen LogP contribution in [0.2, 0.25) is 0 Å². The minimum absolute atomic E-state index is 0.628. The number of nitrogens with zero attached hydrogens (tertiary/aromatic N) is 3. The minimum atomic E-state index is 0.628. The molecule has 2 N–H and O–H groups in total. The molecule has 4 nitrogen and oxygen atoms in total. The maximum atomic E-state index is 6.01. The average molecular weight is 274 g/mol. The number of rotatable bonds is 3. The molecular formula is C14H18N4S. The van der Waals surface area contributed by atoms with Crippen LogP contribution in [0.1, 0.15) is 29.3 Å². The predicted octanol–water partition coefficient (Wildman–Crippen LogP) is 2.64. The number of hydrogen-bond donors (Lipinski definition) is 1. The van der Waals surface area contributed by atoms with Gasteiger partial charge in [0, 0.05) is 23.5 Å². The lowest BCUT2D eigenvalue weighted by molar-refractivity contribution is 0.721. The summed E-state index contributed by atoms with van der Waals surface area (Å²) in [5, 5.41) is 2.18. The van der Waals surface area contributed by atoms with Crippen LogP contribution in [0.3, 0.4) is 0 Å². The van der Waals surface area contributed by atoms with Crippen LogP contribution < -0.4 is 10.6 Å². The molecule has 0 spiro atoms. The highest BCUT2D eigenvalue weighted by Gasteiger charge is 2.21. The van der Waals surface area contributed by atoms with E-state index in [1.54, 1.807) is 6.33 Å². The first-order chi connectivity index (χ1) is 9.29. The quantitative estimate of drug-likeness (QED) is 0.935. The lowest BCUT2D eigenvalue weighted by Gasteiger charge is -2.29. The van der Waals surface area contributed by atoms with E-state index in [1.807, 2.05) is 11.3 Å². The Morgan fingerprint density at radius 3 is 3.16 bits per heavy atom. The molecule has 0 aromatic carbocycles. The highest BCUT2D eigenvalue weighted by atomic mass is 32.1. The molecule has 0 saturated heterocycles. The Hall–Kier alpha value is -1.62. The molecule has 2 aromatic heterocycles. The number of nitrogen functional groups attached to an aromatic ring is 1. The summed E-state index contributed by atoms with van der Waals surface area (Å²) in [7, 11) is 0. The average Bonchev–Trinajstić information content (AvgIpc) is 2.88. The van der Waals surface area contributed by atoms with Crippen LogP contribution in [0.4, 0.5) is 11.6 Å². The van der Waals surface area contributed by atoms with E-state index in [2.05, 4.69) is 33.2 Å². The molecule has 0 saturated carbocycles. The van der Waals surface area contributed by atoms with Crippen molar-refractivity contribution in [2.45, 2.75) is 32.7 Å². The lowest BCUT2D eigenvalue weighted by Crippen LogP contribution is -2.31. The first-order valence-electron chi connectivity index (χ1n) is 6.69. The fourth-order valence-corrected chi connectivity index (χ4v) is 3.50. The topological polar surface area (TPSA) is 55.0 Å². The van der Waals surface area contributed by atoms with Crippen molar-refractivity contribution in [3.63, 3.8) is 0 Å². The van der Waals surface area contributed by atoms with Crippen molar-refractivity contribution in [1.82, 2.24) is 9.97 Å². The van der Waals surface area contributed by atoms with Gasteiger partial charge in [-0.25, -0.2) is 9.97 Å². The van der Waals surface area contributed by atoms with Gasteiger partial charge < -0.3 is 10.6 Å². The standard InChI is InChI=1S/C14H18N4S/c1-2-3-11-13(15)16-9-17-14(11)18-6-4-12-10(8-18)5-7-19-12/h5,7,9H,2-4,6,8H2,1H3,(H2,15,16,17). The maximum Gasteiger partial charge on any atom is 0.137 e. The Labute approximate surface area is 117 Å². The number of thiophene rings is 1. The van der Waals surface area contributed by atoms with E-state index in [-0.39, 0.29) is 0 Å². The third kappa shape index (κ3) is 2.30. The Bertz CT molecular complexity index is 579. The minimum Gasteiger partial charge on any atom is -0.383 e. The van der Waals surface area contributed by atoms with Crippen LogP contribution >= 0.6 is 11.3 Å². The molecule has 2 aromatic rings. The molecule has 1 aliphatic rings. The van der Waals surface area contributed by atoms with Crippen molar-refractivity contribution in [3.8, 4) is 0 Å². The summed E-state index contributed by atoms with van der Waals surface area (Å²) in [6, 6.07) is 2.22. The van der Waals surface area contributed by atoms with Gasteiger partial charge in [0.15, 0.2) is 0 Å². The van der Waals surface area contributed by atoms with Gasteiger partial charge in [0.25, 0.3) is 0 Å². The Morgan fingerprint density at radius 1 is 1.42 bits per heavy atom.